The van der Waals surface area contributed by atoms with Crippen LogP contribution in [0.5, 0.6) is 5.19 Å². The van der Waals surface area contributed by atoms with Crippen LogP contribution in [0.4, 0.5) is 0 Å². The quantitative estimate of drug-likeness (QED) is 0.796. The third-order valence-electron chi connectivity index (χ3n) is 5.41. The van der Waals surface area contributed by atoms with Crippen molar-refractivity contribution in [1.29, 1.82) is 0 Å². The molecule has 2 fully saturated rings. The van der Waals surface area contributed by atoms with Crippen molar-refractivity contribution in [1.82, 2.24) is 4.98 Å². The summed E-state index contributed by atoms with van der Waals surface area (Å²) in [6.45, 7) is 7.16. The van der Waals surface area contributed by atoms with E-state index in [-0.39, 0.29) is 5.41 Å². The summed E-state index contributed by atoms with van der Waals surface area (Å²) in [5, 5.41) is 3.10. The zero-order valence-corrected chi connectivity index (χ0v) is 12.1. The van der Waals surface area contributed by atoms with E-state index in [1.165, 1.54) is 30.6 Å². The summed E-state index contributed by atoms with van der Waals surface area (Å²) in [6, 6.07) is 0. The smallest absolute Gasteiger partial charge is 0.274 e. The summed E-state index contributed by atoms with van der Waals surface area (Å²) >= 11 is 7.33. The average molecular weight is 272 g/mol. The predicted octanol–water partition coefficient (Wildman–Crippen LogP) is 4.39. The molecule has 2 saturated carbocycles. The van der Waals surface area contributed by atoms with Gasteiger partial charge in [0.15, 0.2) is 0 Å². The Morgan fingerprint density at radius 2 is 2.24 bits per heavy atom. The molecule has 2 aliphatic carbocycles. The third-order valence-corrected chi connectivity index (χ3v) is 6.47. The minimum absolute atomic E-state index is 0.288. The molecule has 0 radical (unpaired) electrons. The number of fused-ring (bicyclic) bond motifs is 2. The first-order valence-electron chi connectivity index (χ1n) is 6.21. The Morgan fingerprint density at radius 1 is 1.47 bits per heavy atom. The van der Waals surface area contributed by atoms with Gasteiger partial charge in [0.05, 0.1) is 0 Å². The molecule has 2 nitrogen and oxygen atoms in total. The van der Waals surface area contributed by atoms with E-state index in [2.05, 4.69) is 25.8 Å². The maximum absolute atomic E-state index is 6.09. The monoisotopic (exact) mass is 271 g/mol. The Hall–Kier alpha value is -0.280. The molecule has 1 aromatic rings. The first-order chi connectivity index (χ1) is 7.93. The molecule has 17 heavy (non-hydrogen) atoms. The Kier molecular flexibility index (Phi) is 2.50. The number of ether oxygens (including phenoxy) is 1. The van der Waals surface area contributed by atoms with Crippen LogP contribution in [-0.2, 0) is 0 Å². The molecule has 4 heteroatoms. The van der Waals surface area contributed by atoms with Crippen molar-refractivity contribution in [2.24, 2.45) is 16.7 Å². The molecule has 0 amide bonds. The van der Waals surface area contributed by atoms with Crippen molar-refractivity contribution in [2.45, 2.75) is 46.1 Å². The molecule has 0 N–H and O–H groups in total. The highest BCUT2D eigenvalue weighted by molar-refractivity contribution is 7.11. The molecule has 3 atom stereocenters. The molecule has 3 rings (SSSR count). The van der Waals surface area contributed by atoms with Crippen LogP contribution in [0.25, 0.3) is 0 Å². The highest BCUT2D eigenvalue weighted by Crippen LogP contribution is 2.66. The molecule has 1 heterocycles. The summed E-state index contributed by atoms with van der Waals surface area (Å²) < 4.78 is 6.09. The molecule has 1 aromatic heterocycles. The maximum atomic E-state index is 6.09. The molecule has 0 aliphatic heterocycles. The lowest BCUT2D eigenvalue weighted by Gasteiger charge is -2.38. The van der Waals surface area contributed by atoms with Crippen LogP contribution in [0.1, 0.15) is 40.0 Å². The van der Waals surface area contributed by atoms with E-state index in [1.807, 2.05) is 5.38 Å². The van der Waals surface area contributed by atoms with E-state index in [9.17, 15) is 0 Å². The predicted molar refractivity (Wildman–Crippen MR) is 70.8 cm³/mol. The number of hydrogen-bond donors (Lipinski definition) is 0. The Bertz CT molecular complexity index is 444. The van der Waals surface area contributed by atoms with Crippen LogP contribution >= 0.6 is 22.9 Å². The van der Waals surface area contributed by atoms with Gasteiger partial charge in [-0.2, -0.15) is 4.98 Å². The van der Waals surface area contributed by atoms with E-state index in [1.54, 1.807) is 0 Å². The molecular weight excluding hydrogens is 254 g/mol. The molecule has 94 valence electrons. The van der Waals surface area contributed by atoms with Crippen LogP contribution < -0.4 is 4.74 Å². The van der Waals surface area contributed by atoms with Crippen molar-refractivity contribution in [2.75, 3.05) is 0 Å². The molecule has 0 aromatic carbocycles. The van der Waals surface area contributed by atoms with Crippen LogP contribution in [0.2, 0.25) is 5.15 Å². The van der Waals surface area contributed by atoms with E-state index in [0.29, 0.717) is 16.7 Å². The fraction of sp³-hybridized carbons (Fsp3) is 0.769. The van der Waals surface area contributed by atoms with Crippen molar-refractivity contribution in [3.05, 3.63) is 10.5 Å². The second kappa shape index (κ2) is 3.61. The van der Waals surface area contributed by atoms with Crippen LogP contribution in [0.15, 0.2) is 5.38 Å². The van der Waals surface area contributed by atoms with E-state index >= 15 is 0 Å². The first kappa shape index (κ1) is 11.8. The summed E-state index contributed by atoms with van der Waals surface area (Å²) in [7, 11) is 0. The highest BCUT2D eigenvalue weighted by atomic mass is 35.5. The van der Waals surface area contributed by atoms with Gasteiger partial charge in [0, 0.05) is 10.8 Å². The first-order valence-corrected chi connectivity index (χ1v) is 7.47. The molecule has 3 unspecified atom stereocenters. The fourth-order valence-corrected chi connectivity index (χ4v) is 4.56. The number of nitrogens with zero attached hydrogens (tertiary/aromatic N) is 1. The van der Waals surface area contributed by atoms with Crippen LogP contribution in [0, 0.1) is 16.7 Å². The molecular formula is C13H18ClNOS. The van der Waals surface area contributed by atoms with E-state index < -0.39 is 0 Å². The van der Waals surface area contributed by atoms with E-state index in [0.717, 1.165) is 11.1 Å². The minimum Gasteiger partial charge on any atom is -0.466 e. The lowest BCUT2D eigenvalue weighted by atomic mass is 9.70. The standard InChI is InChI=1S/C13H18ClNOS/c1-12(2)8-4-5-13(12,3)9(6-8)16-11-15-10(14)7-17-11/h7-9H,4-6H2,1-3H3. The number of halogens is 1. The summed E-state index contributed by atoms with van der Waals surface area (Å²) in [5.74, 6) is 0.799. The SMILES string of the molecule is CC1(C)C2CCC1(C)C(Oc1nc(Cl)cs1)C2. The lowest BCUT2D eigenvalue weighted by molar-refractivity contribution is 0.0300. The maximum Gasteiger partial charge on any atom is 0.274 e. The van der Waals surface area contributed by atoms with Gasteiger partial charge in [0.25, 0.3) is 5.19 Å². The largest absolute Gasteiger partial charge is 0.466 e. The van der Waals surface area contributed by atoms with Gasteiger partial charge in [0.2, 0.25) is 0 Å². The van der Waals surface area contributed by atoms with Gasteiger partial charge in [0.1, 0.15) is 11.3 Å². The molecule has 0 saturated heterocycles. The fourth-order valence-electron chi connectivity index (χ4n) is 3.72. The number of thiazole rings is 1. The van der Waals surface area contributed by atoms with Gasteiger partial charge < -0.3 is 4.74 Å². The highest BCUT2D eigenvalue weighted by Gasteiger charge is 2.62. The third kappa shape index (κ3) is 1.55. The zero-order valence-electron chi connectivity index (χ0n) is 10.5. The Morgan fingerprint density at radius 3 is 2.71 bits per heavy atom. The van der Waals surface area contributed by atoms with Crippen molar-refractivity contribution in [3.8, 4) is 5.19 Å². The van der Waals surface area contributed by atoms with Crippen molar-refractivity contribution in [3.63, 3.8) is 0 Å². The Labute approximate surface area is 111 Å². The number of hydrogen-bond acceptors (Lipinski definition) is 3. The van der Waals surface area contributed by atoms with Crippen molar-refractivity contribution < 1.29 is 4.74 Å². The average Bonchev–Trinajstić information content (AvgIpc) is 2.80. The van der Waals surface area contributed by atoms with E-state index in [4.69, 9.17) is 16.3 Å². The minimum atomic E-state index is 0.288. The number of rotatable bonds is 2. The van der Waals surface area contributed by atoms with Crippen molar-refractivity contribution >= 4 is 22.9 Å². The van der Waals surface area contributed by atoms with Gasteiger partial charge >= 0.3 is 0 Å². The van der Waals surface area contributed by atoms with Crippen LogP contribution in [0.3, 0.4) is 0 Å². The second-order valence-corrected chi connectivity index (χ2v) is 7.36. The topological polar surface area (TPSA) is 22.1 Å². The molecule has 2 aliphatic rings. The van der Waals surface area contributed by atoms with Gasteiger partial charge in [-0.05, 0) is 30.6 Å². The molecule has 0 spiro atoms. The Balaban J connectivity index is 1.83. The summed E-state index contributed by atoms with van der Waals surface area (Å²) in [6.07, 6.45) is 4.09. The van der Waals surface area contributed by atoms with Crippen LogP contribution in [-0.4, -0.2) is 11.1 Å². The zero-order chi connectivity index (χ0) is 12.3. The number of aromatic nitrogens is 1. The van der Waals surface area contributed by atoms with Gasteiger partial charge in [-0.25, -0.2) is 0 Å². The van der Waals surface area contributed by atoms with Gasteiger partial charge in [-0.3, -0.25) is 0 Å². The second-order valence-electron chi connectivity index (χ2n) is 6.15. The lowest BCUT2D eigenvalue weighted by Crippen LogP contribution is -2.38. The molecule has 2 bridgehead atoms. The van der Waals surface area contributed by atoms with Gasteiger partial charge in [-0.1, -0.05) is 43.7 Å². The summed E-state index contributed by atoms with van der Waals surface area (Å²) in [5.41, 5.74) is 0.675. The van der Waals surface area contributed by atoms with Gasteiger partial charge in [-0.15, -0.1) is 0 Å². The normalized spacial score (nSPS) is 38.6. The summed E-state index contributed by atoms with van der Waals surface area (Å²) in [4.78, 5) is 4.20.